The molecule has 0 amide bonds. The van der Waals surface area contributed by atoms with Crippen molar-refractivity contribution in [3.63, 3.8) is 0 Å². The Bertz CT molecular complexity index is 426. The Morgan fingerprint density at radius 2 is 2.05 bits per heavy atom. The molecule has 0 aliphatic rings. The van der Waals surface area contributed by atoms with Crippen LogP contribution in [0, 0.1) is 6.92 Å². The van der Waals surface area contributed by atoms with E-state index in [1.807, 2.05) is 26.0 Å². The van der Waals surface area contributed by atoms with Gasteiger partial charge in [-0.3, -0.25) is 4.79 Å². The molecule has 0 saturated carbocycles. The van der Waals surface area contributed by atoms with E-state index in [4.69, 9.17) is 21.1 Å². The highest BCUT2D eigenvalue weighted by molar-refractivity contribution is 9.10. The van der Waals surface area contributed by atoms with E-state index in [1.54, 1.807) is 0 Å². The first-order chi connectivity index (χ1) is 9.54. The maximum Gasteiger partial charge on any atom is 0.305 e. The molecule has 0 saturated heterocycles. The van der Waals surface area contributed by atoms with Crippen molar-refractivity contribution < 1.29 is 14.3 Å². The lowest BCUT2D eigenvalue weighted by Crippen LogP contribution is -2.04. The molecule has 0 aliphatic carbocycles. The molecule has 112 valence electrons. The van der Waals surface area contributed by atoms with Crippen molar-refractivity contribution in [3.05, 3.63) is 27.2 Å². The van der Waals surface area contributed by atoms with E-state index >= 15 is 0 Å². The normalized spacial score (nSPS) is 10.4. The van der Waals surface area contributed by atoms with Crippen molar-refractivity contribution in [2.24, 2.45) is 0 Å². The molecule has 0 radical (unpaired) electrons. The van der Waals surface area contributed by atoms with E-state index in [2.05, 4.69) is 15.9 Å². The third-order valence-electron chi connectivity index (χ3n) is 2.77. The van der Waals surface area contributed by atoms with Crippen LogP contribution >= 0.6 is 27.5 Å². The Kier molecular flexibility index (Phi) is 8.00. The fourth-order valence-electron chi connectivity index (χ4n) is 1.83. The number of hydrogen-bond acceptors (Lipinski definition) is 3. The minimum atomic E-state index is -0.125. The molecule has 0 aliphatic heterocycles. The van der Waals surface area contributed by atoms with Gasteiger partial charge in [-0.25, -0.2) is 0 Å². The number of aryl methyl sites for hydroxylation is 1. The number of unbranched alkanes of at least 4 members (excludes halogenated alkanes) is 2. The van der Waals surface area contributed by atoms with Crippen LogP contribution in [0.1, 0.15) is 38.2 Å². The van der Waals surface area contributed by atoms with Gasteiger partial charge in [0, 0.05) is 10.9 Å². The minimum Gasteiger partial charge on any atom is -0.492 e. The zero-order chi connectivity index (χ0) is 15.0. The number of hydrogen-bond donors (Lipinski definition) is 0. The molecule has 1 aromatic rings. The third kappa shape index (κ3) is 6.14. The molecule has 0 spiro atoms. The number of benzene rings is 1. The van der Waals surface area contributed by atoms with Gasteiger partial charge in [-0.1, -0.05) is 27.5 Å². The van der Waals surface area contributed by atoms with E-state index in [0.717, 1.165) is 35.0 Å². The van der Waals surface area contributed by atoms with Gasteiger partial charge in [-0.2, -0.15) is 0 Å². The van der Waals surface area contributed by atoms with Gasteiger partial charge in [0.2, 0.25) is 0 Å². The van der Waals surface area contributed by atoms with Crippen LogP contribution in [-0.4, -0.2) is 19.2 Å². The summed E-state index contributed by atoms with van der Waals surface area (Å²) in [5, 5.41) is 0.614. The molecule has 20 heavy (non-hydrogen) atoms. The molecule has 5 heteroatoms. The molecule has 0 aromatic heterocycles. The van der Waals surface area contributed by atoms with E-state index in [1.165, 1.54) is 0 Å². The van der Waals surface area contributed by atoms with Crippen LogP contribution in [-0.2, 0) is 9.53 Å². The van der Waals surface area contributed by atoms with Crippen molar-refractivity contribution in [1.82, 2.24) is 0 Å². The van der Waals surface area contributed by atoms with Crippen LogP contribution in [0.25, 0.3) is 0 Å². The Hall–Kier alpha value is -0.740. The maximum absolute atomic E-state index is 11.1. The van der Waals surface area contributed by atoms with Crippen LogP contribution < -0.4 is 4.74 Å². The Morgan fingerprint density at radius 1 is 1.30 bits per heavy atom. The molecule has 0 N–H and O–H groups in total. The molecule has 0 fully saturated rings. The Labute approximate surface area is 133 Å². The molecule has 0 heterocycles. The molecule has 1 rings (SSSR count). The average molecular weight is 364 g/mol. The maximum atomic E-state index is 11.1. The van der Waals surface area contributed by atoms with Crippen LogP contribution in [0.3, 0.4) is 0 Å². The zero-order valence-corrected chi connectivity index (χ0v) is 14.2. The average Bonchev–Trinajstić information content (AvgIpc) is 2.36. The molecular formula is C15H20BrClO3. The van der Waals surface area contributed by atoms with Crippen molar-refractivity contribution in [2.45, 2.75) is 39.5 Å². The van der Waals surface area contributed by atoms with Gasteiger partial charge < -0.3 is 9.47 Å². The standard InChI is InChI=1S/C15H20BrClO3/c1-3-19-14(18)7-5-4-6-8-20-15-11(2)9-12(16)10-13(15)17/h9-10H,3-8H2,1-2H3. The number of carbonyl (C=O) groups is 1. The number of carbonyl (C=O) groups excluding carboxylic acids is 1. The van der Waals surface area contributed by atoms with Crippen LogP contribution in [0.5, 0.6) is 5.75 Å². The number of esters is 1. The molecule has 1 aromatic carbocycles. The van der Waals surface area contributed by atoms with Crippen molar-refractivity contribution in [2.75, 3.05) is 13.2 Å². The number of ether oxygens (including phenoxy) is 2. The molecule has 0 unspecified atom stereocenters. The van der Waals surface area contributed by atoms with Gasteiger partial charge in [-0.15, -0.1) is 0 Å². The summed E-state index contributed by atoms with van der Waals surface area (Å²) in [6.07, 6.45) is 3.14. The smallest absolute Gasteiger partial charge is 0.305 e. The van der Waals surface area contributed by atoms with Gasteiger partial charge in [0.15, 0.2) is 0 Å². The highest BCUT2D eigenvalue weighted by Crippen LogP contribution is 2.32. The number of halogens is 2. The zero-order valence-electron chi connectivity index (χ0n) is 11.9. The molecule has 3 nitrogen and oxygen atoms in total. The second kappa shape index (κ2) is 9.24. The second-order valence-electron chi connectivity index (χ2n) is 4.50. The van der Waals surface area contributed by atoms with Gasteiger partial charge >= 0.3 is 5.97 Å². The minimum absolute atomic E-state index is 0.125. The SMILES string of the molecule is CCOC(=O)CCCCCOc1c(C)cc(Br)cc1Cl. The summed E-state index contributed by atoms with van der Waals surface area (Å²) < 4.78 is 11.5. The van der Waals surface area contributed by atoms with Gasteiger partial charge in [0.05, 0.1) is 18.2 Å². The van der Waals surface area contributed by atoms with Crippen LogP contribution in [0.4, 0.5) is 0 Å². The molecular weight excluding hydrogens is 344 g/mol. The summed E-state index contributed by atoms with van der Waals surface area (Å²) in [6.45, 7) is 4.83. The quantitative estimate of drug-likeness (QED) is 0.486. The Morgan fingerprint density at radius 3 is 2.70 bits per heavy atom. The summed E-state index contributed by atoms with van der Waals surface area (Å²) in [5.74, 6) is 0.612. The van der Waals surface area contributed by atoms with Crippen molar-refractivity contribution in [3.8, 4) is 5.75 Å². The van der Waals surface area contributed by atoms with Crippen LogP contribution in [0.2, 0.25) is 5.02 Å². The van der Waals surface area contributed by atoms with Crippen molar-refractivity contribution >= 4 is 33.5 Å². The van der Waals surface area contributed by atoms with E-state index in [0.29, 0.717) is 24.7 Å². The first kappa shape index (κ1) is 17.3. The highest BCUT2D eigenvalue weighted by Gasteiger charge is 2.07. The number of rotatable bonds is 8. The highest BCUT2D eigenvalue weighted by atomic mass is 79.9. The monoisotopic (exact) mass is 362 g/mol. The third-order valence-corrected chi connectivity index (χ3v) is 3.51. The summed E-state index contributed by atoms with van der Waals surface area (Å²) in [4.78, 5) is 11.1. The predicted octanol–water partition coefficient (Wildman–Crippen LogP) is 4.91. The lowest BCUT2D eigenvalue weighted by Gasteiger charge is -2.11. The summed E-state index contributed by atoms with van der Waals surface area (Å²) in [7, 11) is 0. The van der Waals surface area contributed by atoms with E-state index in [-0.39, 0.29) is 5.97 Å². The fraction of sp³-hybridized carbons (Fsp3) is 0.533. The van der Waals surface area contributed by atoms with Crippen LogP contribution in [0.15, 0.2) is 16.6 Å². The lowest BCUT2D eigenvalue weighted by molar-refractivity contribution is -0.143. The molecule has 0 bridgehead atoms. The first-order valence-electron chi connectivity index (χ1n) is 6.78. The second-order valence-corrected chi connectivity index (χ2v) is 5.82. The van der Waals surface area contributed by atoms with Gasteiger partial charge in [0.25, 0.3) is 0 Å². The van der Waals surface area contributed by atoms with Crippen molar-refractivity contribution in [1.29, 1.82) is 0 Å². The molecule has 0 atom stereocenters. The summed E-state index contributed by atoms with van der Waals surface area (Å²) >= 11 is 9.53. The largest absolute Gasteiger partial charge is 0.492 e. The lowest BCUT2D eigenvalue weighted by atomic mass is 10.2. The topological polar surface area (TPSA) is 35.5 Å². The fourth-order valence-corrected chi connectivity index (χ4v) is 2.85. The van der Waals surface area contributed by atoms with Gasteiger partial charge in [0.1, 0.15) is 5.75 Å². The van der Waals surface area contributed by atoms with E-state index in [9.17, 15) is 4.79 Å². The first-order valence-corrected chi connectivity index (χ1v) is 7.95. The Balaban J connectivity index is 2.23. The predicted molar refractivity (Wildman–Crippen MR) is 84.5 cm³/mol. The summed E-state index contributed by atoms with van der Waals surface area (Å²) in [6, 6.07) is 3.80. The van der Waals surface area contributed by atoms with E-state index < -0.39 is 0 Å². The van der Waals surface area contributed by atoms with Gasteiger partial charge in [-0.05, 0) is 50.8 Å². The summed E-state index contributed by atoms with van der Waals surface area (Å²) in [5.41, 5.74) is 1.01.